The third-order valence-electron chi connectivity index (χ3n) is 4.89. The summed E-state index contributed by atoms with van der Waals surface area (Å²) in [4.78, 5) is 28.6. The monoisotopic (exact) mass is 401 g/mol. The van der Waals surface area contributed by atoms with Crippen LogP contribution in [0.15, 0.2) is 71.8 Å². The van der Waals surface area contributed by atoms with Crippen LogP contribution in [0.2, 0.25) is 0 Å². The molecule has 4 rings (SSSR count). The molecule has 0 unspecified atom stereocenters. The van der Waals surface area contributed by atoms with Crippen LogP contribution in [0.4, 0.5) is 0 Å². The molecule has 1 N–H and O–H groups in total. The summed E-state index contributed by atoms with van der Waals surface area (Å²) in [6, 6.07) is 19.0. The van der Waals surface area contributed by atoms with Gasteiger partial charge in [0.05, 0.1) is 17.4 Å². The normalized spacial score (nSPS) is 11.0. The van der Waals surface area contributed by atoms with Crippen LogP contribution in [0.1, 0.15) is 35.0 Å². The number of fused-ring (bicyclic) bond motifs is 1. The summed E-state index contributed by atoms with van der Waals surface area (Å²) in [6.45, 7) is 3.57. The van der Waals surface area contributed by atoms with Crippen molar-refractivity contribution in [1.29, 1.82) is 0 Å². The minimum atomic E-state index is -0.297. The van der Waals surface area contributed by atoms with Gasteiger partial charge in [-0.1, -0.05) is 43.3 Å². The minimum absolute atomic E-state index is 0.199. The highest BCUT2D eigenvalue weighted by molar-refractivity contribution is 5.91. The Balaban J connectivity index is 1.38. The Labute approximate surface area is 174 Å². The van der Waals surface area contributed by atoms with Gasteiger partial charge < -0.3 is 9.88 Å². The van der Waals surface area contributed by atoms with Crippen molar-refractivity contribution < 1.29 is 4.79 Å². The van der Waals surface area contributed by atoms with Gasteiger partial charge in [-0.3, -0.25) is 9.59 Å². The lowest BCUT2D eigenvalue weighted by molar-refractivity contribution is 0.0943. The van der Waals surface area contributed by atoms with Gasteiger partial charge in [-0.2, -0.15) is 5.10 Å². The number of aryl methyl sites for hydroxylation is 1. The number of imidazole rings is 1. The molecule has 0 fully saturated rings. The number of nitrogens with zero attached hydrogens (tertiary/aromatic N) is 4. The summed E-state index contributed by atoms with van der Waals surface area (Å²) in [5.74, 6) is -0.297. The summed E-state index contributed by atoms with van der Waals surface area (Å²) < 4.78 is 3.44. The zero-order chi connectivity index (χ0) is 20.9. The Morgan fingerprint density at radius 2 is 1.77 bits per heavy atom. The lowest BCUT2D eigenvalue weighted by Crippen LogP contribution is -2.29. The van der Waals surface area contributed by atoms with E-state index in [0.717, 1.165) is 35.1 Å². The van der Waals surface area contributed by atoms with Gasteiger partial charge in [0.2, 0.25) is 0 Å². The number of benzene rings is 2. The fraction of sp³-hybridized carbons (Fsp3) is 0.217. The third-order valence-corrected chi connectivity index (χ3v) is 4.89. The first-order valence-electron chi connectivity index (χ1n) is 9.98. The number of rotatable bonds is 7. The van der Waals surface area contributed by atoms with Crippen LogP contribution in [0.3, 0.4) is 0 Å². The Hall–Kier alpha value is -3.74. The van der Waals surface area contributed by atoms with Gasteiger partial charge in [0.25, 0.3) is 11.5 Å². The average Bonchev–Trinajstić information content (AvgIpc) is 3.17. The van der Waals surface area contributed by atoms with Crippen LogP contribution < -0.4 is 10.9 Å². The van der Waals surface area contributed by atoms with Gasteiger partial charge in [0, 0.05) is 25.7 Å². The van der Waals surface area contributed by atoms with Gasteiger partial charge in [-0.05, 0) is 35.7 Å². The molecule has 0 bridgehead atoms. The largest absolute Gasteiger partial charge is 0.347 e. The first-order chi connectivity index (χ1) is 14.6. The highest BCUT2D eigenvalue weighted by Crippen LogP contribution is 2.14. The molecule has 7 heteroatoms. The van der Waals surface area contributed by atoms with E-state index in [2.05, 4.69) is 38.2 Å². The third kappa shape index (κ3) is 4.30. The predicted octanol–water partition coefficient (Wildman–Crippen LogP) is 2.98. The van der Waals surface area contributed by atoms with E-state index in [1.165, 1.54) is 16.8 Å². The predicted molar refractivity (Wildman–Crippen MR) is 115 cm³/mol. The molecule has 0 saturated heterocycles. The minimum Gasteiger partial charge on any atom is -0.347 e. The number of para-hydroxylation sites is 2. The molecule has 0 atom stereocenters. The van der Waals surface area contributed by atoms with Crippen molar-refractivity contribution in [3.05, 3.63) is 94.2 Å². The zero-order valence-electron chi connectivity index (χ0n) is 16.8. The molecule has 7 nitrogen and oxygen atoms in total. The molecular weight excluding hydrogens is 378 g/mol. The van der Waals surface area contributed by atoms with Gasteiger partial charge in [0.15, 0.2) is 0 Å². The van der Waals surface area contributed by atoms with Crippen LogP contribution in [0.25, 0.3) is 11.0 Å². The van der Waals surface area contributed by atoms with Crippen LogP contribution in [-0.2, 0) is 19.6 Å². The molecule has 4 aromatic rings. The van der Waals surface area contributed by atoms with Crippen molar-refractivity contribution in [2.75, 3.05) is 0 Å². The average molecular weight is 401 g/mol. The summed E-state index contributed by atoms with van der Waals surface area (Å²) in [6.07, 6.45) is 2.63. The number of hydrogen-bond donors (Lipinski definition) is 1. The Morgan fingerprint density at radius 1 is 1.00 bits per heavy atom. The highest BCUT2D eigenvalue weighted by Gasteiger charge is 2.09. The zero-order valence-corrected chi connectivity index (χ0v) is 16.8. The smallest absolute Gasteiger partial charge is 0.271 e. The summed E-state index contributed by atoms with van der Waals surface area (Å²) in [5.41, 5.74) is 4.27. The topological polar surface area (TPSA) is 81.8 Å². The van der Waals surface area contributed by atoms with Crippen molar-refractivity contribution in [3.63, 3.8) is 0 Å². The van der Waals surface area contributed by atoms with E-state index < -0.39 is 0 Å². The molecule has 0 aliphatic rings. The Morgan fingerprint density at radius 3 is 2.57 bits per heavy atom. The van der Waals surface area contributed by atoms with E-state index in [1.54, 1.807) is 0 Å². The second-order valence-corrected chi connectivity index (χ2v) is 7.14. The standard InChI is InChI=1S/C23H23N5O2/c1-2-13-28-22(29)12-11-20(26-28)23(30)24-14-17-7-9-18(10-8-17)15-27-16-25-19-5-3-4-6-21(19)27/h3-12,16H,2,13-15H2,1H3,(H,24,30). The summed E-state index contributed by atoms with van der Waals surface area (Å²) >= 11 is 0. The molecule has 0 aliphatic heterocycles. The molecule has 1 amide bonds. The van der Waals surface area contributed by atoms with E-state index >= 15 is 0 Å². The highest BCUT2D eigenvalue weighted by atomic mass is 16.2. The van der Waals surface area contributed by atoms with Gasteiger partial charge in [-0.15, -0.1) is 0 Å². The molecule has 152 valence electrons. The molecule has 0 saturated carbocycles. The lowest BCUT2D eigenvalue weighted by atomic mass is 10.1. The van der Waals surface area contributed by atoms with E-state index in [0.29, 0.717) is 13.1 Å². The number of amides is 1. The quantitative estimate of drug-likeness (QED) is 0.516. The number of aromatic nitrogens is 4. The summed E-state index contributed by atoms with van der Waals surface area (Å²) in [7, 11) is 0. The first kappa shape index (κ1) is 19.6. The van der Waals surface area contributed by atoms with E-state index in [4.69, 9.17) is 0 Å². The molecule has 0 spiro atoms. The van der Waals surface area contributed by atoms with E-state index in [1.807, 2.05) is 43.6 Å². The number of nitrogens with one attached hydrogen (secondary N) is 1. The molecule has 2 heterocycles. The van der Waals surface area contributed by atoms with Crippen molar-refractivity contribution in [2.45, 2.75) is 33.0 Å². The Bertz CT molecular complexity index is 1220. The second-order valence-electron chi connectivity index (χ2n) is 7.14. The molecule has 30 heavy (non-hydrogen) atoms. The summed E-state index contributed by atoms with van der Waals surface area (Å²) in [5, 5.41) is 7.00. The van der Waals surface area contributed by atoms with E-state index in [9.17, 15) is 9.59 Å². The van der Waals surface area contributed by atoms with E-state index in [-0.39, 0.29) is 17.2 Å². The van der Waals surface area contributed by atoms with Gasteiger partial charge in [0.1, 0.15) is 5.69 Å². The first-order valence-corrected chi connectivity index (χ1v) is 9.98. The van der Waals surface area contributed by atoms with Crippen LogP contribution in [-0.4, -0.2) is 25.2 Å². The van der Waals surface area contributed by atoms with Gasteiger partial charge >= 0.3 is 0 Å². The SMILES string of the molecule is CCCn1nc(C(=O)NCc2ccc(Cn3cnc4ccccc43)cc2)ccc1=O. The number of hydrogen-bond acceptors (Lipinski definition) is 4. The maximum absolute atomic E-state index is 12.4. The molecule has 2 aromatic heterocycles. The fourth-order valence-electron chi connectivity index (χ4n) is 3.31. The Kier molecular flexibility index (Phi) is 5.70. The van der Waals surface area contributed by atoms with Crippen LogP contribution in [0.5, 0.6) is 0 Å². The van der Waals surface area contributed by atoms with Crippen LogP contribution >= 0.6 is 0 Å². The van der Waals surface area contributed by atoms with Gasteiger partial charge in [-0.25, -0.2) is 9.67 Å². The number of carbonyl (C=O) groups excluding carboxylic acids is 1. The van der Waals surface area contributed by atoms with Crippen LogP contribution in [0, 0.1) is 0 Å². The van der Waals surface area contributed by atoms with Crippen molar-refractivity contribution in [1.82, 2.24) is 24.6 Å². The molecular formula is C23H23N5O2. The molecule has 2 aromatic carbocycles. The molecule has 0 aliphatic carbocycles. The van der Waals surface area contributed by atoms with Crippen molar-refractivity contribution in [3.8, 4) is 0 Å². The lowest BCUT2D eigenvalue weighted by Gasteiger charge is -2.09. The maximum Gasteiger partial charge on any atom is 0.271 e. The van der Waals surface area contributed by atoms with Crippen molar-refractivity contribution >= 4 is 16.9 Å². The van der Waals surface area contributed by atoms with Crippen molar-refractivity contribution in [2.24, 2.45) is 0 Å². The maximum atomic E-state index is 12.4. The fourth-order valence-corrected chi connectivity index (χ4v) is 3.31. The number of carbonyl (C=O) groups is 1. The second kappa shape index (κ2) is 8.73. The molecule has 0 radical (unpaired) electrons.